The number of methoxy groups -OCH3 is 1. The fourth-order valence-electron chi connectivity index (χ4n) is 2.44. The lowest BCUT2D eigenvalue weighted by Crippen LogP contribution is -2.33. The van der Waals surface area contributed by atoms with Gasteiger partial charge in [-0.1, -0.05) is 11.8 Å². The molecule has 21 heavy (non-hydrogen) atoms. The maximum atomic E-state index is 10.8. The molecule has 2 aromatic heterocycles. The summed E-state index contributed by atoms with van der Waals surface area (Å²) in [6.07, 6.45) is 3.81. The normalized spacial score (nSPS) is 21.4. The highest BCUT2D eigenvalue weighted by Crippen LogP contribution is 2.39. The zero-order chi connectivity index (χ0) is 15.0. The van der Waals surface area contributed by atoms with E-state index in [9.17, 15) is 4.79 Å². The van der Waals surface area contributed by atoms with Gasteiger partial charge >= 0.3 is 5.97 Å². The van der Waals surface area contributed by atoms with Crippen LogP contribution in [0.2, 0.25) is 0 Å². The van der Waals surface area contributed by atoms with Gasteiger partial charge < -0.3 is 14.4 Å². The Morgan fingerprint density at radius 1 is 1.62 bits per heavy atom. The van der Waals surface area contributed by atoms with E-state index in [1.54, 1.807) is 13.3 Å². The van der Waals surface area contributed by atoms with Crippen LogP contribution >= 0.6 is 27.7 Å². The molecule has 2 aromatic rings. The van der Waals surface area contributed by atoms with Crippen LogP contribution in [0.25, 0.3) is 11.2 Å². The number of aromatic nitrogens is 3. The van der Waals surface area contributed by atoms with Crippen molar-refractivity contribution in [2.45, 2.75) is 30.1 Å². The van der Waals surface area contributed by atoms with E-state index in [4.69, 9.17) is 9.84 Å². The third-order valence-corrected chi connectivity index (χ3v) is 4.93. The molecular weight excluding hydrogens is 358 g/mol. The Kier molecular flexibility index (Phi) is 4.19. The Balaban J connectivity index is 1.97. The van der Waals surface area contributed by atoms with Crippen molar-refractivity contribution in [3.63, 3.8) is 0 Å². The number of rotatable bonds is 5. The van der Waals surface area contributed by atoms with Crippen LogP contribution in [0.15, 0.2) is 21.9 Å². The molecule has 0 radical (unpaired) electrons. The number of hydrogen-bond acceptors (Lipinski definition) is 5. The van der Waals surface area contributed by atoms with Crippen LogP contribution in [0.4, 0.5) is 0 Å². The van der Waals surface area contributed by atoms with Gasteiger partial charge in [-0.3, -0.25) is 4.79 Å². The van der Waals surface area contributed by atoms with Gasteiger partial charge in [-0.05, 0) is 34.8 Å². The third kappa shape index (κ3) is 2.93. The van der Waals surface area contributed by atoms with Crippen molar-refractivity contribution in [1.82, 2.24) is 14.5 Å². The molecule has 0 amide bonds. The molecule has 0 spiro atoms. The topological polar surface area (TPSA) is 77.2 Å². The molecule has 1 saturated carbocycles. The van der Waals surface area contributed by atoms with Crippen molar-refractivity contribution in [1.29, 1.82) is 0 Å². The van der Waals surface area contributed by atoms with Gasteiger partial charge in [-0.2, -0.15) is 0 Å². The Morgan fingerprint density at radius 2 is 2.38 bits per heavy atom. The highest BCUT2D eigenvalue weighted by molar-refractivity contribution is 9.10. The number of fused-ring (bicyclic) bond motifs is 1. The van der Waals surface area contributed by atoms with E-state index in [0.29, 0.717) is 5.16 Å². The van der Waals surface area contributed by atoms with Crippen LogP contribution in [-0.2, 0) is 9.53 Å². The van der Waals surface area contributed by atoms with Crippen LogP contribution < -0.4 is 0 Å². The molecule has 0 aromatic carbocycles. The average molecular weight is 372 g/mol. The molecule has 1 aliphatic rings. The minimum absolute atomic E-state index is 0.00901. The second kappa shape index (κ2) is 5.94. The first-order chi connectivity index (χ1) is 10.1. The number of ether oxygens (including phenoxy) is 1. The summed E-state index contributed by atoms with van der Waals surface area (Å²) in [6.45, 7) is 0. The van der Waals surface area contributed by atoms with E-state index in [-0.39, 0.29) is 17.9 Å². The molecule has 1 N–H and O–H groups in total. The molecule has 3 rings (SSSR count). The number of pyridine rings is 1. The number of hydrogen-bond donors (Lipinski definition) is 1. The van der Waals surface area contributed by atoms with Gasteiger partial charge in [0.25, 0.3) is 0 Å². The highest BCUT2D eigenvalue weighted by Gasteiger charge is 2.33. The largest absolute Gasteiger partial charge is 0.481 e. The quantitative estimate of drug-likeness (QED) is 0.814. The average Bonchev–Trinajstić information content (AvgIpc) is 2.73. The SMILES string of the molecule is COC1CC(n2c(SCC(=O)O)nc3cc(Br)cnc32)C1. The van der Waals surface area contributed by atoms with Crippen LogP contribution in [0.3, 0.4) is 0 Å². The fraction of sp³-hybridized carbons (Fsp3) is 0.462. The molecule has 2 heterocycles. The molecule has 1 fully saturated rings. The third-order valence-electron chi connectivity index (χ3n) is 3.56. The Bertz CT molecular complexity index is 685. The highest BCUT2D eigenvalue weighted by atomic mass is 79.9. The van der Waals surface area contributed by atoms with Crippen LogP contribution in [-0.4, -0.2) is 44.6 Å². The monoisotopic (exact) mass is 371 g/mol. The summed E-state index contributed by atoms with van der Waals surface area (Å²) in [5.41, 5.74) is 1.57. The van der Waals surface area contributed by atoms with Crippen LogP contribution in [0, 0.1) is 0 Å². The Labute approximate surface area is 134 Å². The predicted molar refractivity (Wildman–Crippen MR) is 82.7 cm³/mol. The first-order valence-corrected chi connectivity index (χ1v) is 8.27. The minimum Gasteiger partial charge on any atom is -0.481 e. The molecule has 0 saturated heterocycles. The van der Waals surface area contributed by atoms with Gasteiger partial charge in [0.05, 0.1) is 11.9 Å². The molecule has 0 bridgehead atoms. The predicted octanol–water partition coefficient (Wildman–Crippen LogP) is 2.72. The molecule has 8 heteroatoms. The van der Waals surface area contributed by atoms with Gasteiger partial charge in [0.15, 0.2) is 10.8 Å². The van der Waals surface area contributed by atoms with Gasteiger partial charge in [-0.15, -0.1) is 0 Å². The number of aliphatic carboxylic acids is 1. The van der Waals surface area contributed by atoms with Crippen LogP contribution in [0.1, 0.15) is 18.9 Å². The number of carboxylic acids is 1. The van der Waals surface area contributed by atoms with E-state index in [1.807, 2.05) is 10.6 Å². The van der Waals surface area contributed by atoms with E-state index in [1.165, 1.54) is 11.8 Å². The van der Waals surface area contributed by atoms with Crippen molar-refractivity contribution < 1.29 is 14.6 Å². The van der Waals surface area contributed by atoms with Crippen LogP contribution in [0.5, 0.6) is 0 Å². The van der Waals surface area contributed by atoms with Gasteiger partial charge in [0.1, 0.15) is 5.52 Å². The first-order valence-electron chi connectivity index (χ1n) is 6.49. The summed E-state index contributed by atoms with van der Waals surface area (Å²) in [4.78, 5) is 19.8. The number of nitrogens with zero attached hydrogens (tertiary/aromatic N) is 3. The standard InChI is InChI=1S/C13H14BrN3O3S/c1-20-9-3-8(4-9)17-12-10(2-7(14)5-15-12)16-13(17)21-6-11(18)19/h2,5,8-9H,3-4,6H2,1H3,(H,18,19). The van der Waals surface area contributed by atoms with Gasteiger partial charge in [-0.25, -0.2) is 9.97 Å². The zero-order valence-corrected chi connectivity index (χ0v) is 13.7. The molecular formula is C13H14BrN3O3S. The summed E-state index contributed by atoms with van der Waals surface area (Å²) in [5, 5.41) is 9.58. The molecule has 112 valence electrons. The lowest BCUT2D eigenvalue weighted by atomic mass is 9.89. The summed E-state index contributed by atoms with van der Waals surface area (Å²) in [5.74, 6) is -0.860. The Hall–Kier alpha value is -1.12. The zero-order valence-electron chi connectivity index (χ0n) is 11.3. The van der Waals surface area contributed by atoms with Crippen molar-refractivity contribution in [2.24, 2.45) is 0 Å². The summed E-state index contributed by atoms with van der Waals surface area (Å²) in [6, 6.07) is 2.17. The van der Waals surface area contributed by atoms with Crippen molar-refractivity contribution in [3.8, 4) is 0 Å². The summed E-state index contributed by atoms with van der Waals surface area (Å²) < 4.78 is 8.23. The van der Waals surface area contributed by atoms with Crippen molar-refractivity contribution in [2.75, 3.05) is 12.9 Å². The molecule has 1 aliphatic carbocycles. The molecule has 0 aliphatic heterocycles. The van der Waals surface area contributed by atoms with E-state index >= 15 is 0 Å². The fourth-order valence-corrected chi connectivity index (χ4v) is 3.54. The maximum absolute atomic E-state index is 10.8. The minimum atomic E-state index is -0.851. The first kappa shape index (κ1) is 14.8. The lowest BCUT2D eigenvalue weighted by Gasteiger charge is -2.35. The van der Waals surface area contributed by atoms with Gasteiger partial charge in [0, 0.05) is 23.8 Å². The number of imidazole rings is 1. The summed E-state index contributed by atoms with van der Waals surface area (Å²) in [7, 11) is 1.71. The number of halogens is 1. The number of carboxylic acid groups (broad SMARTS) is 1. The van der Waals surface area contributed by atoms with Crippen molar-refractivity contribution >= 4 is 44.8 Å². The van der Waals surface area contributed by atoms with Crippen molar-refractivity contribution in [3.05, 3.63) is 16.7 Å². The molecule has 0 atom stereocenters. The van der Waals surface area contributed by atoms with Gasteiger partial charge in [0.2, 0.25) is 0 Å². The summed E-state index contributed by atoms with van der Waals surface area (Å²) >= 11 is 4.61. The van der Waals surface area contributed by atoms with E-state index < -0.39 is 5.97 Å². The lowest BCUT2D eigenvalue weighted by molar-refractivity contribution is -0.133. The molecule has 0 unspecified atom stereocenters. The molecule has 6 nitrogen and oxygen atoms in total. The number of carbonyl (C=O) groups is 1. The number of thioether (sulfide) groups is 1. The Morgan fingerprint density at radius 3 is 3.05 bits per heavy atom. The second-order valence-electron chi connectivity index (χ2n) is 4.93. The smallest absolute Gasteiger partial charge is 0.313 e. The second-order valence-corrected chi connectivity index (χ2v) is 6.78. The van der Waals surface area contributed by atoms with E-state index in [0.717, 1.165) is 28.5 Å². The van der Waals surface area contributed by atoms with E-state index in [2.05, 4.69) is 25.9 Å². The maximum Gasteiger partial charge on any atom is 0.313 e.